The van der Waals surface area contributed by atoms with E-state index in [1.54, 1.807) is 30.3 Å². The molecule has 0 spiro atoms. The molecule has 25 heavy (non-hydrogen) atoms. The van der Waals surface area contributed by atoms with Crippen molar-refractivity contribution in [3.05, 3.63) is 48.0 Å². The summed E-state index contributed by atoms with van der Waals surface area (Å²) in [6.07, 6.45) is 1.16. The van der Waals surface area contributed by atoms with Crippen LogP contribution in [-0.4, -0.2) is 27.5 Å². The van der Waals surface area contributed by atoms with E-state index in [1.165, 1.54) is 12.1 Å². The molecule has 2 aromatic carbocycles. The van der Waals surface area contributed by atoms with Gasteiger partial charge in [0.15, 0.2) is 21.3 Å². The second-order valence-corrected chi connectivity index (χ2v) is 7.75. The summed E-state index contributed by atoms with van der Waals surface area (Å²) < 4.78 is 33.4. The Kier molecular flexibility index (Phi) is 4.54. The minimum Gasteiger partial charge on any atom is -0.454 e. The summed E-state index contributed by atoms with van der Waals surface area (Å²) in [4.78, 5) is 12.4. The van der Waals surface area contributed by atoms with E-state index in [0.717, 1.165) is 11.8 Å². The third-order valence-corrected chi connectivity index (χ3v) is 4.91. The lowest BCUT2D eigenvalue weighted by Gasteiger charge is -2.15. The molecule has 0 radical (unpaired) electrons. The first kappa shape index (κ1) is 17.1. The van der Waals surface area contributed by atoms with Crippen molar-refractivity contribution in [3.8, 4) is 11.5 Å². The van der Waals surface area contributed by atoms with Gasteiger partial charge in [0, 0.05) is 18.0 Å². The van der Waals surface area contributed by atoms with Gasteiger partial charge in [-0.15, -0.1) is 0 Å². The van der Waals surface area contributed by atoms with E-state index in [0.29, 0.717) is 17.2 Å². The topological polar surface area (TPSA) is 93.7 Å². The third-order valence-electron chi connectivity index (χ3n) is 3.79. The van der Waals surface area contributed by atoms with E-state index in [2.05, 4.69) is 10.6 Å². The first-order valence-corrected chi connectivity index (χ1v) is 9.49. The van der Waals surface area contributed by atoms with E-state index in [9.17, 15) is 13.2 Å². The molecule has 0 saturated heterocycles. The van der Waals surface area contributed by atoms with Gasteiger partial charge in [0.2, 0.25) is 6.79 Å². The Bertz CT molecular complexity index is 894. The summed E-state index contributed by atoms with van der Waals surface area (Å²) in [7, 11) is -3.24. The summed E-state index contributed by atoms with van der Waals surface area (Å²) in [6, 6.07) is 10.9. The van der Waals surface area contributed by atoms with Crippen molar-refractivity contribution < 1.29 is 22.7 Å². The average Bonchev–Trinajstić information content (AvgIpc) is 3.01. The van der Waals surface area contributed by atoms with Crippen molar-refractivity contribution in [2.24, 2.45) is 0 Å². The van der Waals surface area contributed by atoms with Crippen molar-refractivity contribution in [2.75, 3.05) is 18.4 Å². The van der Waals surface area contributed by atoms with Crippen LogP contribution < -0.4 is 20.1 Å². The molecular weight excluding hydrogens is 344 g/mol. The molecule has 0 aromatic heterocycles. The molecule has 1 heterocycles. The Labute approximate surface area is 145 Å². The van der Waals surface area contributed by atoms with Crippen molar-refractivity contribution in [1.29, 1.82) is 0 Å². The highest BCUT2D eigenvalue weighted by molar-refractivity contribution is 7.90. The molecule has 7 nitrogen and oxygen atoms in total. The van der Waals surface area contributed by atoms with Crippen LogP contribution in [0.4, 0.5) is 10.5 Å². The molecule has 1 unspecified atom stereocenters. The van der Waals surface area contributed by atoms with Crippen LogP contribution in [-0.2, 0) is 9.84 Å². The van der Waals surface area contributed by atoms with E-state index in [-0.39, 0.29) is 23.8 Å². The smallest absolute Gasteiger partial charge is 0.319 e. The van der Waals surface area contributed by atoms with E-state index >= 15 is 0 Å². The number of carbonyl (C=O) groups excluding carboxylic acids is 1. The maximum Gasteiger partial charge on any atom is 0.319 e. The average molecular weight is 362 g/mol. The van der Waals surface area contributed by atoms with Crippen LogP contribution in [0.5, 0.6) is 11.5 Å². The summed E-state index contributed by atoms with van der Waals surface area (Å²) in [5.41, 5.74) is 1.38. The molecule has 1 aliphatic heterocycles. The van der Waals surface area contributed by atoms with Crippen LogP contribution in [0.1, 0.15) is 18.5 Å². The Balaban J connectivity index is 1.62. The van der Waals surface area contributed by atoms with Crippen LogP contribution in [0.2, 0.25) is 0 Å². The van der Waals surface area contributed by atoms with Crippen LogP contribution in [0.15, 0.2) is 47.4 Å². The molecule has 2 amide bonds. The zero-order valence-electron chi connectivity index (χ0n) is 13.8. The quantitative estimate of drug-likeness (QED) is 0.872. The number of sulfone groups is 1. The zero-order valence-corrected chi connectivity index (χ0v) is 14.6. The monoisotopic (exact) mass is 362 g/mol. The second-order valence-electron chi connectivity index (χ2n) is 5.73. The fourth-order valence-corrected chi connectivity index (χ4v) is 3.06. The van der Waals surface area contributed by atoms with E-state index < -0.39 is 9.84 Å². The number of amides is 2. The highest BCUT2D eigenvalue weighted by Crippen LogP contribution is 2.34. The summed E-state index contributed by atoms with van der Waals surface area (Å²) in [6.45, 7) is 1.99. The number of benzene rings is 2. The Morgan fingerprint density at radius 1 is 1.08 bits per heavy atom. The lowest BCUT2D eigenvalue weighted by atomic mass is 10.1. The first-order valence-electron chi connectivity index (χ1n) is 7.60. The maximum absolute atomic E-state index is 12.1. The number of carbonyl (C=O) groups is 1. The molecular formula is C17H18N2O5S. The number of nitrogens with one attached hydrogen (secondary N) is 2. The van der Waals surface area contributed by atoms with Gasteiger partial charge >= 0.3 is 6.03 Å². The SMILES string of the molecule is CC(NC(=O)Nc1ccc2c(c1)OCO2)c1ccc(S(C)(=O)=O)cc1. The molecule has 0 fully saturated rings. The molecule has 0 saturated carbocycles. The summed E-state index contributed by atoms with van der Waals surface area (Å²) in [5, 5.41) is 5.53. The number of rotatable bonds is 4. The molecule has 8 heteroatoms. The van der Waals surface area contributed by atoms with Gasteiger partial charge in [-0.05, 0) is 36.8 Å². The fraction of sp³-hybridized carbons (Fsp3) is 0.235. The molecule has 2 N–H and O–H groups in total. The number of urea groups is 1. The number of hydrogen-bond acceptors (Lipinski definition) is 5. The molecule has 1 aliphatic rings. The standard InChI is InChI=1S/C17H18N2O5S/c1-11(12-3-6-14(7-4-12)25(2,21)22)18-17(20)19-13-5-8-15-16(9-13)24-10-23-15/h3-9,11H,10H2,1-2H3,(H2,18,19,20). The van der Waals surface area contributed by atoms with Gasteiger partial charge in [-0.2, -0.15) is 0 Å². The highest BCUT2D eigenvalue weighted by Gasteiger charge is 2.15. The Hall–Kier alpha value is -2.74. The van der Waals surface area contributed by atoms with Gasteiger partial charge in [0.25, 0.3) is 0 Å². The second kappa shape index (κ2) is 6.64. The van der Waals surface area contributed by atoms with Gasteiger partial charge in [0.1, 0.15) is 0 Å². The molecule has 132 valence electrons. The number of fused-ring (bicyclic) bond motifs is 1. The van der Waals surface area contributed by atoms with Gasteiger partial charge in [-0.25, -0.2) is 13.2 Å². The summed E-state index contributed by atoms with van der Waals surface area (Å²) >= 11 is 0. The minimum atomic E-state index is -3.24. The van der Waals surface area contributed by atoms with Crippen molar-refractivity contribution in [2.45, 2.75) is 17.9 Å². The lowest BCUT2D eigenvalue weighted by molar-refractivity contribution is 0.174. The highest BCUT2D eigenvalue weighted by atomic mass is 32.2. The van der Waals surface area contributed by atoms with Crippen molar-refractivity contribution >= 4 is 21.6 Å². The van der Waals surface area contributed by atoms with Gasteiger partial charge < -0.3 is 20.1 Å². The molecule has 0 bridgehead atoms. The molecule has 0 aliphatic carbocycles. The van der Waals surface area contributed by atoms with Crippen molar-refractivity contribution in [3.63, 3.8) is 0 Å². The number of hydrogen-bond donors (Lipinski definition) is 2. The first-order chi connectivity index (χ1) is 11.8. The van der Waals surface area contributed by atoms with Gasteiger partial charge in [0.05, 0.1) is 10.9 Å². The Morgan fingerprint density at radius 3 is 2.44 bits per heavy atom. The number of anilines is 1. The van der Waals surface area contributed by atoms with E-state index in [4.69, 9.17) is 9.47 Å². The largest absolute Gasteiger partial charge is 0.454 e. The molecule has 2 aromatic rings. The zero-order chi connectivity index (χ0) is 18.0. The molecule has 3 rings (SSSR count). The van der Waals surface area contributed by atoms with Gasteiger partial charge in [-0.3, -0.25) is 0 Å². The van der Waals surface area contributed by atoms with Crippen molar-refractivity contribution in [1.82, 2.24) is 5.32 Å². The van der Waals surface area contributed by atoms with Gasteiger partial charge in [-0.1, -0.05) is 12.1 Å². The normalized spacial score (nSPS) is 14.0. The Morgan fingerprint density at radius 2 is 1.76 bits per heavy atom. The third kappa shape index (κ3) is 4.03. The van der Waals surface area contributed by atoms with E-state index in [1.807, 2.05) is 6.92 Å². The summed E-state index contributed by atoms with van der Waals surface area (Å²) in [5.74, 6) is 1.23. The van der Waals surface area contributed by atoms with Crippen LogP contribution in [0.25, 0.3) is 0 Å². The predicted octanol–water partition coefficient (Wildman–Crippen LogP) is 2.70. The predicted molar refractivity (Wildman–Crippen MR) is 92.7 cm³/mol. The fourth-order valence-electron chi connectivity index (χ4n) is 2.43. The number of ether oxygens (including phenoxy) is 2. The lowest BCUT2D eigenvalue weighted by Crippen LogP contribution is -2.31. The molecule has 1 atom stereocenters. The minimum absolute atomic E-state index is 0.172. The van der Waals surface area contributed by atoms with Crippen LogP contribution >= 0.6 is 0 Å². The van der Waals surface area contributed by atoms with Crippen LogP contribution in [0, 0.1) is 0 Å². The maximum atomic E-state index is 12.1. The van der Waals surface area contributed by atoms with Crippen LogP contribution in [0.3, 0.4) is 0 Å².